The Labute approximate surface area is 97.0 Å². The number of carbonyl (C=O) groups is 1. The van der Waals surface area contributed by atoms with Gasteiger partial charge in [-0.15, -0.1) is 0 Å². The molecule has 0 aromatic carbocycles. The number of aliphatic carboxylic acids is 1. The minimum atomic E-state index is -1.03. The van der Waals surface area contributed by atoms with Crippen molar-refractivity contribution < 1.29 is 15.0 Å². The summed E-state index contributed by atoms with van der Waals surface area (Å²) < 4.78 is 0. The SMILES string of the molecule is CCCC(C(=O)O)C1(O)CCNCC1CC. The molecule has 4 nitrogen and oxygen atoms in total. The molecule has 1 heterocycles. The van der Waals surface area contributed by atoms with E-state index in [2.05, 4.69) is 5.32 Å². The molecule has 3 N–H and O–H groups in total. The van der Waals surface area contributed by atoms with Gasteiger partial charge in [0, 0.05) is 12.5 Å². The van der Waals surface area contributed by atoms with E-state index < -0.39 is 17.5 Å². The van der Waals surface area contributed by atoms with Gasteiger partial charge in [-0.3, -0.25) is 4.79 Å². The molecule has 1 saturated heterocycles. The molecule has 1 rings (SSSR count). The third-order valence-corrected chi connectivity index (χ3v) is 3.77. The summed E-state index contributed by atoms with van der Waals surface area (Å²) in [5.74, 6) is -1.43. The molecular formula is C12H23NO3. The average Bonchev–Trinajstić information content (AvgIpc) is 2.25. The van der Waals surface area contributed by atoms with Crippen LogP contribution in [0.2, 0.25) is 0 Å². The monoisotopic (exact) mass is 229 g/mol. The van der Waals surface area contributed by atoms with Crippen LogP contribution in [0.4, 0.5) is 0 Å². The standard InChI is InChI=1S/C12H23NO3/c1-3-5-10(11(14)15)12(16)6-7-13-8-9(12)4-2/h9-10,13,16H,3-8H2,1-2H3,(H,14,15). The van der Waals surface area contributed by atoms with E-state index >= 15 is 0 Å². The van der Waals surface area contributed by atoms with Crippen LogP contribution >= 0.6 is 0 Å². The maximum absolute atomic E-state index is 11.3. The van der Waals surface area contributed by atoms with E-state index in [1.54, 1.807) is 0 Å². The predicted octanol–water partition coefficient (Wildman–Crippen LogP) is 1.24. The van der Waals surface area contributed by atoms with Crippen molar-refractivity contribution in [1.29, 1.82) is 0 Å². The van der Waals surface area contributed by atoms with Gasteiger partial charge in [0.1, 0.15) is 0 Å². The minimum absolute atomic E-state index is 0.0499. The van der Waals surface area contributed by atoms with Crippen LogP contribution in [-0.4, -0.2) is 34.9 Å². The van der Waals surface area contributed by atoms with Crippen LogP contribution in [-0.2, 0) is 4.79 Å². The van der Waals surface area contributed by atoms with Gasteiger partial charge >= 0.3 is 5.97 Å². The fourth-order valence-electron chi connectivity index (χ4n) is 2.78. The van der Waals surface area contributed by atoms with Gasteiger partial charge in [0.15, 0.2) is 0 Å². The maximum atomic E-state index is 11.3. The number of rotatable bonds is 5. The summed E-state index contributed by atoms with van der Waals surface area (Å²) in [6.07, 6.45) is 2.71. The molecule has 0 spiro atoms. The van der Waals surface area contributed by atoms with Crippen molar-refractivity contribution in [3.8, 4) is 0 Å². The first kappa shape index (κ1) is 13.5. The van der Waals surface area contributed by atoms with Crippen molar-refractivity contribution in [3.05, 3.63) is 0 Å². The number of piperidine rings is 1. The number of carboxylic acids is 1. The van der Waals surface area contributed by atoms with Crippen molar-refractivity contribution in [2.45, 2.75) is 45.1 Å². The van der Waals surface area contributed by atoms with E-state index in [4.69, 9.17) is 0 Å². The summed E-state index contributed by atoms with van der Waals surface area (Å²) in [6.45, 7) is 5.40. The highest BCUT2D eigenvalue weighted by molar-refractivity contribution is 5.71. The van der Waals surface area contributed by atoms with E-state index in [0.29, 0.717) is 19.4 Å². The second kappa shape index (κ2) is 5.64. The Morgan fingerprint density at radius 1 is 1.56 bits per heavy atom. The highest BCUT2D eigenvalue weighted by Crippen LogP contribution is 2.36. The molecule has 3 atom stereocenters. The Kier molecular flexibility index (Phi) is 4.74. The van der Waals surface area contributed by atoms with Gasteiger partial charge in [-0.25, -0.2) is 0 Å². The number of hydrogen-bond acceptors (Lipinski definition) is 3. The Morgan fingerprint density at radius 3 is 2.75 bits per heavy atom. The van der Waals surface area contributed by atoms with E-state index in [0.717, 1.165) is 19.4 Å². The fraction of sp³-hybridized carbons (Fsp3) is 0.917. The first-order valence-corrected chi connectivity index (χ1v) is 6.22. The molecular weight excluding hydrogens is 206 g/mol. The molecule has 0 aliphatic carbocycles. The molecule has 0 bridgehead atoms. The molecule has 16 heavy (non-hydrogen) atoms. The third kappa shape index (κ3) is 2.55. The summed E-state index contributed by atoms with van der Waals surface area (Å²) >= 11 is 0. The Balaban J connectivity index is 2.88. The first-order valence-electron chi connectivity index (χ1n) is 6.22. The van der Waals surface area contributed by atoms with Crippen LogP contribution in [0.25, 0.3) is 0 Å². The van der Waals surface area contributed by atoms with Crippen LogP contribution in [0.15, 0.2) is 0 Å². The molecule has 0 saturated carbocycles. The number of nitrogens with one attached hydrogen (secondary N) is 1. The van der Waals surface area contributed by atoms with Gasteiger partial charge in [-0.05, 0) is 25.8 Å². The molecule has 3 unspecified atom stereocenters. The normalized spacial score (nSPS) is 32.3. The quantitative estimate of drug-likeness (QED) is 0.663. The lowest BCUT2D eigenvalue weighted by atomic mass is 9.70. The zero-order valence-electron chi connectivity index (χ0n) is 10.2. The second-order valence-electron chi connectivity index (χ2n) is 4.73. The molecule has 1 fully saturated rings. The smallest absolute Gasteiger partial charge is 0.309 e. The summed E-state index contributed by atoms with van der Waals surface area (Å²) in [4.78, 5) is 11.3. The number of hydrogen-bond donors (Lipinski definition) is 3. The average molecular weight is 229 g/mol. The van der Waals surface area contributed by atoms with Crippen LogP contribution < -0.4 is 5.32 Å². The summed E-state index contributed by atoms with van der Waals surface area (Å²) in [6, 6.07) is 0. The van der Waals surface area contributed by atoms with Gasteiger partial charge < -0.3 is 15.5 Å². The lowest BCUT2D eigenvalue weighted by Crippen LogP contribution is -2.56. The van der Waals surface area contributed by atoms with Crippen molar-refractivity contribution in [3.63, 3.8) is 0 Å². The molecule has 0 radical (unpaired) electrons. The van der Waals surface area contributed by atoms with E-state index in [1.807, 2.05) is 13.8 Å². The Morgan fingerprint density at radius 2 is 2.25 bits per heavy atom. The van der Waals surface area contributed by atoms with Gasteiger partial charge in [0.2, 0.25) is 0 Å². The lowest BCUT2D eigenvalue weighted by molar-refractivity contribution is -0.161. The number of carboxylic acid groups (broad SMARTS) is 1. The zero-order valence-corrected chi connectivity index (χ0v) is 10.2. The minimum Gasteiger partial charge on any atom is -0.481 e. The second-order valence-corrected chi connectivity index (χ2v) is 4.73. The Bertz CT molecular complexity index is 244. The van der Waals surface area contributed by atoms with E-state index in [9.17, 15) is 15.0 Å². The molecule has 0 amide bonds. The van der Waals surface area contributed by atoms with Crippen molar-refractivity contribution in [2.75, 3.05) is 13.1 Å². The number of aliphatic hydroxyl groups is 1. The van der Waals surface area contributed by atoms with Crippen molar-refractivity contribution >= 4 is 5.97 Å². The topological polar surface area (TPSA) is 69.6 Å². The summed E-state index contributed by atoms with van der Waals surface area (Å²) in [5.41, 5.74) is -1.03. The highest BCUT2D eigenvalue weighted by Gasteiger charge is 2.47. The maximum Gasteiger partial charge on any atom is 0.309 e. The van der Waals surface area contributed by atoms with Gasteiger partial charge in [0.05, 0.1) is 11.5 Å². The molecule has 1 aliphatic rings. The molecule has 1 aliphatic heterocycles. The Hall–Kier alpha value is -0.610. The molecule has 0 aromatic heterocycles. The third-order valence-electron chi connectivity index (χ3n) is 3.77. The largest absolute Gasteiger partial charge is 0.481 e. The van der Waals surface area contributed by atoms with Gasteiger partial charge in [0.25, 0.3) is 0 Å². The predicted molar refractivity (Wildman–Crippen MR) is 62.3 cm³/mol. The first-order chi connectivity index (χ1) is 7.56. The molecule has 94 valence electrons. The molecule has 4 heteroatoms. The van der Waals surface area contributed by atoms with Crippen molar-refractivity contribution in [1.82, 2.24) is 5.32 Å². The van der Waals surface area contributed by atoms with E-state index in [1.165, 1.54) is 0 Å². The van der Waals surface area contributed by atoms with Crippen LogP contribution in [0.3, 0.4) is 0 Å². The van der Waals surface area contributed by atoms with Crippen LogP contribution in [0, 0.1) is 11.8 Å². The van der Waals surface area contributed by atoms with Gasteiger partial charge in [-0.2, -0.15) is 0 Å². The van der Waals surface area contributed by atoms with E-state index in [-0.39, 0.29) is 5.92 Å². The molecule has 0 aromatic rings. The lowest BCUT2D eigenvalue weighted by Gasteiger charge is -2.43. The summed E-state index contributed by atoms with van der Waals surface area (Å²) in [5, 5.41) is 23.2. The summed E-state index contributed by atoms with van der Waals surface area (Å²) in [7, 11) is 0. The van der Waals surface area contributed by atoms with Gasteiger partial charge in [-0.1, -0.05) is 20.3 Å². The zero-order chi connectivity index (χ0) is 12.2. The highest BCUT2D eigenvalue weighted by atomic mass is 16.4. The van der Waals surface area contributed by atoms with Crippen LogP contribution in [0.5, 0.6) is 0 Å². The fourth-order valence-corrected chi connectivity index (χ4v) is 2.78. The van der Waals surface area contributed by atoms with Crippen molar-refractivity contribution in [2.24, 2.45) is 11.8 Å². The van der Waals surface area contributed by atoms with Crippen LogP contribution in [0.1, 0.15) is 39.5 Å².